The molecule has 1 aromatic carbocycles. The summed E-state index contributed by atoms with van der Waals surface area (Å²) in [6.07, 6.45) is -0.480. The van der Waals surface area contributed by atoms with Crippen molar-refractivity contribution in [2.75, 3.05) is 6.61 Å². The highest BCUT2D eigenvalue weighted by atomic mass is 19.2. The highest BCUT2D eigenvalue weighted by molar-refractivity contribution is 5.18. The van der Waals surface area contributed by atoms with E-state index >= 15 is 0 Å². The van der Waals surface area contributed by atoms with Crippen LogP contribution in [0, 0.1) is 11.6 Å². The molecule has 4 heteroatoms. The predicted molar refractivity (Wildman–Crippen MR) is 61.8 cm³/mol. The van der Waals surface area contributed by atoms with E-state index in [1.165, 1.54) is 6.07 Å². The van der Waals surface area contributed by atoms with Crippen LogP contribution in [0.15, 0.2) is 18.2 Å². The van der Waals surface area contributed by atoms with Gasteiger partial charge in [-0.15, -0.1) is 0 Å². The van der Waals surface area contributed by atoms with E-state index in [4.69, 9.17) is 4.74 Å². The van der Waals surface area contributed by atoms with E-state index in [1.54, 1.807) is 0 Å². The van der Waals surface area contributed by atoms with Gasteiger partial charge in [0.25, 0.3) is 0 Å². The van der Waals surface area contributed by atoms with Crippen molar-refractivity contribution >= 4 is 0 Å². The quantitative estimate of drug-likeness (QED) is 0.882. The second-order valence-electron chi connectivity index (χ2n) is 5.03. The highest BCUT2D eigenvalue weighted by Gasteiger charge is 2.14. The SMILES string of the molecule is CC(C)(C)OCC(O)Cc1ccc(F)c(F)c1. The van der Waals surface area contributed by atoms with Gasteiger partial charge in [-0.05, 0) is 38.5 Å². The van der Waals surface area contributed by atoms with E-state index < -0.39 is 17.7 Å². The Labute approximate surface area is 100 Å². The zero-order valence-corrected chi connectivity index (χ0v) is 10.3. The molecule has 0 saturated heterocycles. The summed E-state index contributed by atoms with van der Waals surface area (Å²) in [5, 5.41) is 9.68. The Morgan fingerprint density at radius 2 is 1.88 bits per heavy atom. The van der Waals surface area contributed by atoms with Crippen LogP contribution >= 0.6 is 0 Å². The number of aliphatic hydroxyl groups is 1. The lowest BCUT2D eigenvalue weighted by Crippen LogP contribution is -2.27. The Morgan fingerprint density at radius 3 is 2.41 bits per heavy atom. The average Bonchev–Trinajstić information content (AvgIpc) is 2.20. The molecule has 0 amide bonds. The Kier molecular flexibility index (Phi) is 4.60. The minimum absolute atomic E-state index is 0.169. The Balaban J connectivity index is 2.50. The molecule has 0 aliphatic carbocycles. The first-order valence-electron chi connectivity index (χ1n) is 5.54. The smallest absolute Gasteiger partial charge is 0.159 e. The molecule has 0 radical (unpaired) electrons. The monoisotopic (exact) mass is 244 g/mol. The molecule has 0 spiro atoms. The fraction of sp³-hybridized carbons (Fsp3) is 0.538. The topological polar surface area (TPSA) is 29.5 Å². The largest absolute Gasteiger partial charge is 0.390 e. The summed E-state index contributed by atoms with van der Waals surface area (Å²) in [4.78, 5) is 0. The lowest BCUT2D eigenvalue weighted by atomic mass is 10.1. The van der Waals surface area contributed by atoms with Gasteiger partial charge in [-0.3, -0.25) is 0 Å². The molecule has 0 aromatic heterocycles. The molecule has 0 bridgehead atoms. The van der Waals surface area contributed by atoms with Gasteiger partial charge >= 0.3 is 0 Å². The van der Waals surface area contributed by atoms with Gasteiger partial charge < -0.3 is 9.84 Å². The molecule has 1 atom stereocenters. The molecule has 2 nitrogen and oxygen atoms in total. The van der Waals surface area contributed by atoms with E-state index in [0.29, 0.717) is 5.56 Å². The summed E-state index contributed by atoms with van der Waals surface area (Å²) in [7, 11) is 0. The van der Waals surface area contributed by atoms with Crippen molar-refractivity contribution in [1.82, 2.24) is 0 Å². The lowest BCUT2D eigenvalue weighted by molar-refractivity contribution is -0.0482. The fourth-order valence-corrected chi connectivity index (χ4v) is 1.34. The molecule has 96 valence electrons. The molecule has 1 N–H and O–H groups in total. The first-order valence-corrected chi connectivity index (χ1v) is 5.54. The van der Waals surface area contributed by atoms with Crippen molar-refractivity contribution in [3.63, 3.8) is 0 Å². The minimum Gasteiger partial charge on any atom is -0.390 e. The van der Waals surface area contributed by atoms with Crippen LogP contribution in [0.5, 0.6) is 0 Å². The van der Waals surface area contributed by atoms with Crippen LogP contribution in [0.1, 0.15) is 26.3 Å². The molecule has 17 heavy (non-hydrogen) atoms. The molecule has 0 aliphatic rings. The first kappa shape index (κ1) is 14.1. The van der Waals surface area contributed by atoms with E-state index in [2.05, 4.69) is 0 Å². The van der Waals surface area contributed by atoms with Gasteiger partial charge in [0, 0.05) is 6.42 Å². The summed E-state index contributed by atoms with van der Waals surface area (Å²) in [6, 6.07) is 3.61. The van der Waals surface area contributed by atoms with Gasteiger partial charge in [-0.1, -0.05) is 6.07 Å². The van der Waals surface area contributed by atoms with Crippen molar-refractivity contribution in [1.29, 1.82) is 0 Å². The van der Waals surface area contributed by atoms with Crippen molar-refractivity contribution in [3.05, 3.63) is 35.4 Å². The van der Waals surface area contributed by atoms with Gasteiger partial charge in [0.2, 0.25) is 0 Å². The van der Waals surface area contributed by atoms with Gasteiger partial charge in [0.1, 0.15) is 0 Å². The maximum atomic E-state index is 12.9. The van der Waals surface area contributed by atoms with Gasteiger partial charge in [0.05, 0.1) is 18.3 Å². The summed E-state index contributed by atoms with van der Waals surface area (Å²) >= 11 is 0. The number of ether oxygens (including phenoxy) is 1. The van der Waals surface area contributed by atoms with Gasteiger partial charge in [-0.25, -0.2) is 8.78 Å². The summed E-state index contributed by atoms with van der Waals surface area (Å²) in [6.45, 7) is 5.83. The number of benzene rings is 1. The number of aliphatic hydroxyl groups excluding tert-OH is 1. The first-order chi connectivity index (χ1) is 7.78. The second-order valence-corrected chi connectivity index (χ2v) is 5.03. The molecule has 1 aromatic rings. The predicted octanol–water partition coefficient (Wildman–Crippen LogP) is 2.68. The third kappa shape index (κ3) is 5.24. The average molecular weight is 244 g/mol. The number of hydrogen-bond acceptors (Lipinski definition) is 2. The van der Waals surface area contributed by atoms with Crippen molar-refractivity contribution < 1.29 is 18.6 Å². The normalized spacial score (nSPS) is 13.8. The molecular formula is C13H18F2O2. The second kappa shape index (κ2) is 5.56. The van der Waals surface area contributed by atoms with E-state index in [-0.39, 0.29) is 18.6 Å². The van der Waals surface area contributed by atoms with Crippen LogP contribution in [0.25, 0.3) is 0 Å². The third-order valence-corrected chi connectivity index (χ3v) is 2.16. The maximum Gasteiger partial charge on any atom is 0.159 e. The Hall–Kier alpha value is -1.00. The molecular weight excluding hydrogens is 226 g/mol. The molecule has 1 rings (SSSR count). The number of hydrogen-bond donors (Lipinski definition) is 1. The number of halogens is 2. The minimum atomic E-state index is -0.897. The van der Waals surface area contributed by atoms with Crippen LogP contribution < -0.4 is 0 Å². The van der Waals surface area contributed by atoms with Crippen molar-refractivity contribution in [3.8, 4) is 0 Å². The van der Waals surface area contributed by atoms with Gasteiger partial charge in [-0.2, -0.15) is 0 Å². The van der Waals surface area contributed by atoms with Crippen LogP contribution in [0.4, 0.5) is 8.78 Å². The summed E-state index contributed by atoms with van der Waals surface area (Å²) in [5.74, 6) is -1.78. The fourth-order valence-electron chi connectivity index (χ4n) is 1.34. The standard InChI is InChI=1S/C13H18F2O2/c1-13(2,3)17-8-10(16)6-9-4-5-11(14)12(15)7-9/h4-5,7,10,16H,6,8H2,1-3H3. The Morgan fingerprint density at radius 1 is 1.24 bits per heavy atom. The zero-order valence-electron chi connectivity index (χ0n) is 10.3. The van der Waals surface area contributed by atoms with E-state index in [1.807, 2.05) is 20.8 Å². The maximum absolute atomic E-state index is 12.9. The number of rotatable bonds is 4. The molecule has 0 heterocycles. The van der Waals surface area contributed by atoms with Crippen LogP contribution in [-0.4, -0.2) is 23.4 Å². The van der Waals surface area contributed by atoms with Crippen molar-refractivity contribution in [2.24, 2.45) is 0 Å². The zero-order chi connectivity index (χ0) is 13.1. The summed E-state index contributed by atoms with van der Waals surface area (Å²) in [5.41, 5.74) is 0.226. The lowest BCUT2D eigenvalue weighted by Gasteiger charge is -2.22. The summed E-state index contributed by atoms with van der Waals surface area (Å²) < 4.78 is 31.0. The molecule has 0 saturated carbocycles. The third-order valence-electron chi connectivity index (χ3n) is 2.16. The Bertz CT molecular complexity index is 372. The highest BCUT2D eigenvalue weighted by Crippen LogP contribution is 2.12. The molecule has 1 unspecified atom stereocenters. The van der Waals surface area contributed by atoms with Crippen LogP contribution in [0.3, 0.4) is 0 Å². The van der Waals surface area contributed by atoms with Crippen LogP contribution in [0.2, 0.25) is 0 Å². The van der Waals surface area contributed by atoms with Crippen molar-refractivity contribution in [2.45, 2.75) is 38.9 Å². The van der Waals surface area contributed by atoms with E-state index in [9.17, 15) is 13.9 Å². The van der Waals surface area contributed by atoms with E-state index in [0.717, 1.165) is 12.1 Å². The molecule has 0 aliphatic heterocycles. The molecule has 0 fully saturated rings. The van der Waals surface area contributed by atoms with Crippen LogP contribution in [-0.2, 0) is 11.2 Å². The van der Waals surface area contributed by atoms with Gasteiger partial charge in [0.15, 0.2) is 11.6 Å².